The lowest BCUT2D eigenvalue weighted by Gasteiger charge is -2.42. The van der Waals surface area contributed by atoms with Crippen molar-refractivity contribution in [1.82, 2.24) is 19.8 Å². The average molecular weight is 460 g/mol. The largest absolute Gasteiger partial charge is 0.497 e. The Balaban J connectivity index is 1.65. The van der Waals surface area contributed by atoms with Crippen molar-refractivity contribution in [2.45, 2.75) is 18.3 Å². The molecule has 8 nitrogen and oxygen atoms in total. The number of benzene rings is 1. The number of pyridine rings is 2. The van der Waals surface area contributed by atoms with Crippen molar-refractivity contribution in [3.05, 3.63) is 78.2 Å². The summed E-state index contributed by atoms with van der Waals surface area (Å²) < 4.78 is 5.29. The summed E-state index contributed by atoms with van der Waals surface area (Å²) in [5, 5.41) is 3.23. The molecule has 0 aliphatic carbocycles. The number of rotatable bonds is 6. The van der Waals surface area contributed by atoms with Crippen LogP contribution < -0.4 is 10.1 Å². The van der Waals surface area contributed by atoms with Gasteiger partial charge in [0.15, 0.2) is 0 Å². The van der Waals surface area contributed by atoms with Gasteiger partial charge in [-0.2, -0.15) is 0 Å². The molecule has 1 saturated heterocycles. The summed E-state index contributed by atoms with van der Waals surface area (Å²) in [6.45, 7) is 0.814. The molecular formula is C26H29N5O3. The second kappa shape index (κ2) is 9.91. The van der Waals surface area contributed by atoms with Crippen LogP contribution in [0, 0.1) is 0 Å². The maximum atomic E-state index is 13.7. The number of hydrogen-bond acceptors (Lipinski definition) is 6. The van der Waals surface area contributed by atoms with Gasteiger partial charge in [-0.05, 0) is 49.2 Å². The summed E-state index contributed by atoms with van der Waals surface area (Å²) in [5.74, 6) is 0.926. The van der Waals surface area contributed by atoms with Crippen molar-refractivity contribution in [3.8, 4) is 5.75 Å². The number of nitrogens with one attached hydrogen (secondary N) is 1. The quantitative estimate of drug-likeness (QED) is 0.607. The topological polar surface area (TPSA) is 87.7 Å². The number of methoxy groups -OCH3 is 1. The standard InChI is InChI=1S/C26H29N5O3/c1-30(2)25(33)26(22-12-4-5-14-27-22)13-8-16-31(18-26)24(32)21-11-7-15-28-23(21)29-19-9-6-10-20(17-19)34-3/h4-7,9-12,14-15,17H,8,13,16,18H2,1-3H3,(H,28,29)/t26-/m0/s1. The number of ether oxygens (including phenoxy) is 1. The molecule has 0 radical (unpaired) electrons. The van der Waals surface area contributed by atoms with Crippen LogP contribution >= 0.6 is 0 Å². The molecule has 1 atom stereocenters. The monoisotopic (exact) mass is 459 g/mol. The Kier molecular flexibility index (Phi) is 6.77. The van der Waals surface area contributed by atoms with Crippen LogP contribution in [0.3, 0.4) is 0 Å². The summed E-state index contributed by atoms with van der Waals surface area (Å²) in [4.78, 5) is 39.4. The number of aromatic nitrogens is 2. The highest BCUT2D eigenvalue weighted by molar-refractivity contribution is 6.00. The van der Waals surface area contributed by atoms with Crippen molar-refractivity contribution in [1.29, 1.82) is 0 Å². The van der Waals surface area contributed by atoms with Crippen LogP contribution in [0.5, 0.6) is 5.75 Å². The number of nitrogens with zero attached hydrogens (tertiary/aromatic N) is 4. The lowest BCUT2D eigenvalue weighted by molar-refractivity contribution is -0.136. The number of piperidine rings is 1. The molecule has 1 aromatic carbocycles. The zero-order valence-corrected chi connectivity index (χ0v) is 19.7. The number of anilines is 2. The van der Waals surface area contributed by atoms with E-state index >= 15 is 0 Å². The Bertz CT molecular complexity index is 1170. The van der Waals surface area contributed by atoms with Gasteiger partial charge in [-0.15, -0.1) is 0 Å². The van der Waals surface area contributed by atoms with E-state index in [0.29, 0.717) is 42.2 Å². The molecule has 0 unspecified atom stereocenters. The van der Waals surface area contributed by atoms with E-state index in [-0.39, 0.29) is 18.4 Å². The van der Waals surface area contributed by atoms with Crippen molar-refractivity contribution < 1.29 is 14.3 Å². The fraction of sp³-hybridized carbons (Fsp3) is 0.308. The Morgan fingerprint density at radius 2 is 1.88 bits per heavy atom. The molecular weight excluding hydrogens is 430 g/mol. The van der Waals surface area contributed by atoms with Crippen LogP contribution in [0.25, 0.3) is 0 Å². The second-order valence-corrected chi connectivity index (χ2v) is 8.58. The number of likely N-dealkylation sites (tertiary alicyclic amines) is 1. The lowest BCUT2D eigenvalue weighted by Crippen LogP contribution is -2.56. The number of amides is 2. The van der Waals surface area contributed by atoms with E-state index < -0.39 is 5.41 Å². The predicted molar refractivity (Wildman–Crippen MR) is 130 cm³/mol. The third-order valence-corrected chi connectivity index (χ3v) is 6.12. The van der Waals surface area contributed by atoms with E-state index in [4.69, 9.17) is 4.74 Å². The second-order valence-electron chi connectivity index (χ2n) is 8.58. The van der Waals surface area contributed by atoms with Gasteiger partial charge < -0.3 is 19.9 Å². The third-order valence-electron chi connectivity index (χ3n) is 6.12. The minimum Gasteiger partial charge on any atom is -0.497 e. The number of carbonyl (C=O) groups excluding carboxylic acids is 2. The van der Waals surface area contributed by atoms with E-state index in [0.717, 1.165) is 5.69 Å². The minimum absolute atomic E-state index is 0.0513. The molecule has 1 aliphatic rings. The molecule has 0 saturated carbocycles. The van der Waals surface area contributed by atoms with Gasteiger partial charge in [-0.3, -0.25) is 14.6 Å². The summed E-state index contributed by atoms with van der Waals surface area (Å²) in [7, 11) is 5.09. The molecule has 4 rings (SSSR count). The van der Waals surface area contributed by atoms with Gasteiger partial charge in [-0.25, -0.2) is 4.98 Å². The highest BCUT2D eigenvalue weighted by atomic mass is 16.5. The van der Waals surface area contributed by atoms with Gasteiger partial charge in [0.25, 0.3) is 5.91 Å². The molecule has 1 N–H and O–H groups in total. The summed E-state index contributed by atoms with van der Waals surface area (Å²) in [6.07, 6.45) is 4.66. The van der Waals surface area contributed by atoms with E-state index in [1.54, 1.807) is 55.5 Å². The lowest BCUT2D eigenvalue weighted by atomic mass is 9.75. The molecule has 8 heteroatoms. The minimum atomic E-state index is -0.888. The first-order valence-corrected chi connectivity index (χ1v) is 11.2. The van der Waals surface area contributed by atoms with Crippen LogP contribution in [0.15, 0.2) is 67.0 Å². The van der Waals surface area contributed by atoms with Gasteiger partial charge in [0.1, 0.15) is 17.0 Å². The summed E-state index contributed by atoms with van der Waals surface area (Å²) >= 11 is 0. The van der Waals surface area contributed by atoms with Gasteiger partial charge in [-0.1, -0.05) is 12.1 Å². The highest BCUT2D eigenvalue weighted by Crippen LogP contribution is 2.36. The first kappa shape index (κ1) is 23.2. The first-order valence-electron chi connectivity index (χ1n) is 11.2. The first-order chi connectivity index (χ1) is 16.4. The Labute approximate surface area is 199 Å². The molecule has 3 aromatic rings. The van der Waals surface area contributed by atoms with E-state index in [9.17, 15) is 9.59 Å². The average Bonchev–Trinajstić information content (AvgIpc) is 2.88. The Hall–Kier alpha value is -3.94. The highest BCUT2D eigenvalue weighted by Gasteiger charge is 2.47. The molecule has 1 fully saturated rings. The summed E-state index contributed by atoms with van der Waals surface area (Å²) in [5.41, 5.74) is 1.00. The number of carbonyl (C=O) groups is 2. The van der Waals surface area contributed by atoms with Gasteiger partial charge in [0.05, 0.1) is 18.4 Å². The molecule has 2 amide bonds. The SMILES string of the molecule is COc1cccc(Nc2ncccc2C(=O)N2CCC[C@@](C(=O)N(C)C)(c3ccccn3)C2)c1. The number of likely N-dealkylation sites (N-methyl/N-ethyl adjacent to an activating group) is 1. The summed E-state index contributed by atoms with van der Waals surface area (Å²) in [6, 6.07) is 16.5. The van der Waals surface area contributed by atoms with Gasteiger partial charge >= 0.3 is 0 Å². The molecule has 1 aliphatic heterocycles. The molecule has 0 bridgehead atoms. The smallest absolute Gasteiger partial charge is 0.257 e. The fourth-order valence-corrected chi connectivity index (χ4v) is 4.48. The Morgan fingerprint density at radius 3 is 2.62 bits per heavy atom. The van der Waals surface area contributed by atoms with E-state index in [2.05, 4.69) is 15.3 Å². The normalized spacial score (nSPS) is 17.7. The van der Waals surface area contributed by atoms with Crippen molar-refractivity contribution in [2.75, 3.05) is 39.6 Å². The maximum absolute atomic E-state index is 13.7. The van der Waals surface area contributed by atoms with Crippen LogP contribution in [-0.2, 0) is 10.2 Å². The zero-order chi connectivity index (χ0) is 24.1. The van der Waals surface area contributed by atoms with E-state index in [1.165, 1.54) is 0 Å². The van der Waals surface area contributed by atoms with Crippen molar-refractivity contribution in [2.24, 2.45) is 0 Å². The van der Waals surface area contributed by atoms with Crippen LogP contribution in [0.4, 0.5) is 11.5 Å². The maximum Gasteiger partial charge on any atom is 0.257 e. The van der Waals surface area contributed by atoms with Crippen LogP contribution in [0.1, 0.15) is 28.9 Å². The molecule has 34 heavy (non-hydrogen) atoms. The van der Waals surface area contributed by atoms with Gasteiger partial charge in [0.2, 0.25) is 5.91 Å². The fourth-order valence-electron chi connectivity index (χ4n) is 4.48. The van der Waals surface area contributed by atoms with E-state index in [1.807, 2.05) is 42.5 Å². The predicted octanol–water partition coefficient (Wildman–Crippen LogP) is 3.49. The van der Waals surface area contributed by atoms with Gasteiger partial charge in [0, 0.05) is 51.3 Å². The Morgan fingerprint density at radius 1 is 1.06 bits per heavy atom. The third kappa shape index (κ3) is 4.57. The number of hydrogen-bond donors (Lipinski definition) is 1. The van der Waals surface area contributed by atoms with Crippen molar-refractivity contribution in [3.63, 3.8) is 0 Å². The van der Waals surface area contributed by atoms with Crippen LogP contribution in [0.2, 0.25) is 0 Å². The molecule has 0 spiro atoms. The molecule has 2 aromatic heterocycles. The zero-order valence-electron chi connectivity index (χ0n) is 19.7. The van der Waals surface area contributed by atoms with Crippen LogP contribution in [-0.4, -0.2) is 65.9 Å². The molecule has 176 valence electrons. The molecule has 3 heterocycles. The van der Waals surface area contributed by atoms with Crippen molar-refractivity contribution >= 4 is 23.3 Å².